The molecule has 0 fully saturated rings. The summed E-state index contributed by atoms with van der Waals surface area (Å²) in [5, 5.41) is 10.4. The molecule has 0 saturated heterocycles. The Kier molecular flexibility index (Phi) is 3.00. The molecule has 0 aliphatic carbocycles. The molecule has 0 saturated carbocycles. The third-order valence-electron chi connectivity index (χ3n) is 1.60. The maximum Gasteiger partial charge on any atom is 0.449 e. The molecule has 0 bridgehead atoms. The van der Waals surface area contributed by atoms with E-state index in [2.05, 4.69) is 10.2 Å². The molecule has 1 aromatic carbocycles. The van der Waals surface area contributed by atoms with Crippen LogP contribution in [-0.2, 0) is 23.5 Å². The van der Waals surface area contributed by atoms with Crippen molar-refractivity contribution in [1.82, 2.24) is 0 Å². The van der Waals surface area contributed by atoms with Gasteiger partial charge in [-0.2, -0.15) is 5.90 Å². The van der Waals surface area contributed by atoms with Crippen molar-refractivity contribution in [2.45, 2.75) is 4.90 Å². The van der Waals surface area contributed by atoms with Gasteiger partial charge < -0.3 is 5.73 Å². The number of nitrogen functional groups attached to an aromatic ring is 1. The molecule has 0 aromatic heterocycles. The van der Waals surface area contributed by atoms with Crippen molar-refractivity contribution in [3.8, 4) is 0 Å². The van der Waals surface area contributed by atoms with Crippen LogP contribution in [0.1, 0.15) is 0 Å². The number of hydrogen-bond donors (Lipinski definition) is 2. The maximum absolute atomic E-state index is 11.1. The summed E-state index contributed by atoms with van der Waals surface area (Å²) in [5.41, 5.74) is 4.72. The van der Waals surface area contributed by atoms with E-state index in [1.807, 2.05) is 0 Å². The zero-order valence-electron chi connectivity index (χ0n) is 7.28. The van der Waals surface area contributed by atoms with Crippen molar-refractivity contribution in [1.29, 1.82) is 0 Å². The van der Waals surface area contributed by atoms with Gasteiger partial charge in [0.2, 0.25) is 0 Å². The average Bonchev–Trinajstić information content (AvgIpc) is 2.17. The van der Waals surface area contributed by atoms with Crippen LogP contribution in [0.25, 0.3) is 0 Å². The van der Waals surface area contributed by atoms with Crippen LogP contribution < -0.4 is 11.6 Å². The number of nitrogens with two attached hydrogens (primary N) is 2. The molecule has 1 radical (unpaired) electrons. The lowest BCUT2D eigenvalue weighted by Crippen LogP contribution is -2.18. The van der Waals surface area contributed by atoms with Crippen LogP contribution in [0.2, 0.25) is 0 Å². The molecular formula is C6H7N3O5S+. The molecule has 1 aromatic rings. The smallest absolute Gasteiger partial charge is 0.394 e. The minimum atomic E-state index is -4.24. The number of rotatable bonds is 3. The van der Waals surface area contributed by atoms with Gasteiger partial charge >= 0.3 is 10.5 Å². The first-order chi connectivity index (χ1) is 6.88. The molecule has 4 N–H and O–H groups in total. The zero-order valence-corrected chi connectivity index (χ0v) is 8.10. The van der Waals surface area contributed by atoms with Crippen LogP contribution >= 0.6 is 0 Å². The molecule has 0 aliphatic rings. The first-order valence-corrected chi connectivity index (χ1v) is 4.96. The molecule has 0 amide bonds. The summed E-state index contributed by atoms with van der Waals surface area (Å²) in [4.78, 5) is 9.09. The van der Waals surface area contributed by atoms with E-state index in [0.29, 0.717) is 0 Å². The van der Waals surface area contributed by atoms with Gasteiger partial charge in [-0.1, -0.05) is 0 Å². The Labute approximate surface area is 85.4 Å². The van der Waals surface area contributed by atoms with Gasteiger partial charge in [0.15, 0.2) is 0 Å². The zero-order chi connectivity index (χ0) is 11.6. The van der Waals surface area contributed by atoms with Gasteiger partial charge in [-0.25, -0.2) is 0 Å². The van der Waals surface area contributed by atoms with Gasteiger partial charge in [0, 0.05) is 6.07 Å². The topological polar surface area (TPSA) is 141 Å². The Morgan fingerprint density at radius 1 is 1.47 bits per heavy atom. The maximum atomic E-state index is 11.1. The summed E-state index contributed by atoms with van der Waals surface area (Å²) < 4.78 is 26.0. The molecule has 8 nitrogen and oxygen atoms in total. The van der Waals surface area contributed by atoms with Gasteiger partial charge in [-0.15, -0.1) is 0 Å². The van der Waals surface area contributed by atoms with E-state index < -0.39 is 26.0 Å². The molecule has 1 rings (SSSR count). The normalized spacial score (nSPS) is 14.5. The van der Waals surface area contributed by atoms with Crippen molar-refractivity contribution in [2.75, 3.05) is 5.73 Å². The second-order valence-electron chi connectivity index (χ2n) is 2.53. The van der Waals surface area contributed by atoms with Gasteiger partial charge in [0.1, 0.15) is 0 Å². The molecule has 81 valence electrons. The molecule has 0 spiro atoms. The van der Waals surface area contributed by atoms with E-state index >= 15 is 0 Å². The van der Waals surface area contributed by atoms with Crippen LogP contribution in [0.3, 0.4) is 0 Å². The molecular weight excluding hydrogens is 226 g/mol. The summed E-state index contributed by atoms with van der Waals surface area (Å²) in [6, 6.07) is 2.94. The van der Waals surface area contributed by atoms with Gasteiger partial charge in [0.05, 0.1) is 21.2 Å². The number of nitro benzene ring substituents is 1. The van der Waals surface area contributed by atoms with E-state index in [4.69, 9.17) is 5.73 Å². The predicted octanol–water partition coefficient (Wildman–Crippen LogP) is 0.186. The number of non-ortho nitro benzene ring substituents is 1. The standard InChI is InChI=1S/C6H7N3O5S/c7-5-2-1-4(9(10)11)3-6(5)15(12,13)14-8/h1-3H,7-8H2/q+1. The van der Waals surface area contributed by atoms with E-state index in [0.717, 1.165) is 18.2 Å². The van der Waals surface area contributed by atoms with Crippen molar-refractivity contribution in [3.63, 3.8) is 0 Å². The lowest BCUT2D eigenvalue weighted by molar-refractivity contribution is -0.385. The molecule has 1 atom stereocenters. The third kappa shape index (κ3) is 2.27. The van der Waals surface area contributed by atoms with Crippen molar-refractivity contribution in [3.05, 3.63) is 28.3 Å². The minimum Gasteiger partial charge on any atom is -0.394 e. The van der Waals surface area contributed by atoms with Gasteiger partial charge in [-0.3, -0.25) is 10.1 Å². The molecule has 0 heterocycles. The number of nitro groups is 1. The van der Waals surface area contributed by atoms with Crippen molar-refractivity contribution in [2.24, 2.45) is 5.90 Å². The van der Waals surface area contributed by atoms with Crippen LogP contribution in [0.4, 0.5) is 11.4 Å². The number of benzene rings is 1. The highest BCUT2D eigenvalue weighted by atomic mass is 32.3. The van der Waals surface area contributed by atoms with Crippen molar-refractivity contribution < 1.29 is 18.0 Å². The van der Waals surface area contributed by atoms with E-state index in [1.54, 1.807) is 0 Å². The van der Waals surface area contributed by atoms with Crippen LogP contribution in [0.5, 0.6) is 0 Å². The first-order valence-electron chi connectivity index (χ1n) is 3.56. The molecule has 0 aliphatic heterocycles. The summed E-state index contributed by atoms with van der Waals surface area (Å²) in [5.74, 6) is 4.52. The fourth-order valence-corrected chi connectivity index (χ4v) is 1.63. The number of nitrogens with zero attached hydrogens (tertiary/aromatic N) is 1. The summed E-state index contributed by atoms with van der Waals surface area (Å²) in [6.45, 7) is 0. The SMILES string of the molecule is NO[S+]([O])(=O)c1cc([N+](=O)[O-])ccc1N. The van der Waals surface area contributed by atoms with Gasteiger partial charge in [0.25, 0.3) is 10.6 Å². The number of hydrogen-bond acceptors (Lipinski definition) is 6. The van der Waals surface area contributed by atoms with Crippen LogP contribution in [-0.4, -0.2) is 4.92 Å². The molecule has 15 heavy (non-hydrogen) atoms. The Morgan fingerprint density at radius 2 is 2.07 bits per heavy atom. The largest absolute Gasteiger partial charge is 0.449 e. The highest BCUT2D eigenvalue weighted by Crippen LogP contribution is 2.28. The van der Waals surface area contributed by atoms with Gasteiger partial charge in [-0.05, 0) is 14.6 Å². The minimum absolute atomic E-state index is 0.175. The highest BCUT2D eigenvalue weighted by Gasteiger charge is 2.38. The fourth-order valence-electron chi connectivity index (χ4n) is 0.905. The summed E-state index contributed by atoms with van der Waals surface area (Å²) in [7, 11) is -4.24. The predicted molar refractivity (Wildman–Crippen MR) is 49.8 cm³/mol. The third-order valence-corrected chi connectivity index (χ3v) is 2.75. The second-order valence-corrected chi connectivity index (χ2v) is 4.07. The van der Waals surface area contributed by atoms with E-state index in [1.165, 1.54) is 0 Å². The van der Waals surface area contributed by atoms with Crippen molar-refractivity contribution >= 4 is 21.9 Å². The Balaban J connectivity index is 3.35. The quantitative estimate of drug-likeness (QED) is 0.330. The lowest BCUT2D eigenvalue weighted by Gasteiger charge is -1.99. The Morgan fingerprint density at radius 3 is 2.53 bits per heavy atom. The highest BCUT2D eigenvalue weighted by molar-refractivity contribution is 7.93. The summed E-state index contributed by atoms with van der Waals surface area (Å²) >= 11 is 0. The Bertz CT molecular complexity index is 448. The van der Waals surface area contributed by atoms with E-state index in [-0.39, 0.29) is 5.69 Å². The first kappa shape index (κ1) is 11.5. The Hall–Kier alpha value is -1.55. The fraction of sp³-hybridized carbons (Fsp3) is 0. The second kappa shape index (κ2) is 3.90. The monoisotopic (exact) mass is 233 g/mol. The summed E-state index contributed by atoms with van der Waals surface area (Å²) in [6.07, 6.45) is 0. The average molecular weight is 233 g/mol. The number of anilines is 1. The van der Waals surface area contributed by atoms with E-state index in [9.17, 15) is 18.9 Å². The van der Waals surface area contributed by atoms with Crippen LogP contribution in [0.15, 0.2) is 23.1 Å². The van der Waals surface area contributed by atoms with Crippen LogP contribution in [0, 0.1) is 10.1 Å². The molecule has 9 heteroatoms. The molecule has 1 unspecified atom stereocenters. The lowest BCUT2D eigenvalue weighted by atomic mass is 10.3.